The Morgan fingerprint density at radius 2 is 1.76 bits per heavy atom. The van der Waals surface area contributed by atoms with Gasteiger partial charge in [-0.2, -0.15) is 0 Å². The second kappa shape index (κ2) is 5.54. The zero-order valence-corrected chi connectivity index (χ0v) is 15.7. The summed E-state index contributed by atoms with van der Waals surface area (Å²) in [6.45, 7) is 10.3. The number of urea groups is 1. The molecule has 3 rings (SSSR count). The van der Waals surface area contributed by atoms with Crippen LogP contribution in [0.4, 0.5) is 4.79 Å². The average molecular weight is 349 g/mol. The minimum Gasteiger partial charge on any atom is -0.338 e. The van der Waals surface area contributed by atoms with Crippen LogP contribution < -0.4 is 0 Å². The maximum Gasteiger partial charge on any atom is 0.334 e. The van der Waals surface area contributed by atoms with Gasteiger partial charge in [0.05, 0.1) is 0 Å². The smallest absolute Gasteiger partial charge is 0.334 e. The second-order valence-electron chi connectivity index (χ2n) is 9.18. The molecule has 1 saturated carbocycles. The molecule has 1 aliphatic carbocycles. The SMILES string of the molecule is CC(C)N1C(=O)C(=O)N(CC(=O)N2C[C@@]3(C)C[C@@H]2CC(C)(C)C3)C1=O. The van der Waals surface area contributed by atoms with Gasteiger partial charge in [0.25, 0.3) is 0 Å². The molecular formula is C18H27N3O4. The van der Waals surface area contributed by atoms with Crippen LogP contribution in [0.3, 0.4) is 0 Å². The van der Waals surface area contributed by atoms with Crippen LogP contribution in [0, 0.1) is 10.8 Å². The third-order valence-electron chi connectivity index (χ3n) is 5.63. The van der Waals surface area contributed by atoms with Crippen molar-refractivity contribution in [3.05, 3.63) is 0 Å². The Labute approximate surface area is 148 Å². The Morgan fingerprint density at radius 3 is 2.32 bits per heavy atom. The highest BCUT2D eigenvalue weighted by Crippen LogP contribution is 2.52. The highest BCUT2D eigenvalue weighted by atomic mass is 16.2. The molecule has 0 aromatic carbocycles. The zero-order valence-electron chi connectivity index (χ0n) is 15.7. The van der Waals surface area contributed by atoms with Crippen LogP contribution in [0.2, 0.25) is 0 Å². The number of amides is 5. The highest BCUT2D eigenvalue weighted by Gasteiger charge is 2.52. The summed E-state index contributed by atoms with van der Waals surface area (Å²) >= 11 is 0. The first-order valence-electron chi connectivity index (χ1n) is 8.93. The first-order chi connectivity index (χ1) is 11.4. The average Bonchev–Trinajstić information content (AvgIpc) is 2.82. The molecule has 0 N–H and O–H groups in total. The minimum absolute atomic E-state index is 0.0842. The lowest BCUT2D eigenvalue weighted by molar-refractivity contribution is -0.145. The lowest BCUT2D eigenvalue weighted by atomic mass is 9.65. The van der Waals surface area contributed by atoms with E-state index in [-0.39, 0.29) is 29.3 Å². The number of rotatable bonds is 3. The van der Waals surface area contributed by atoms with Crippen LogP contribution in [0.25, 0.3) is 0 Å². The number of hydrogen-bond acceptors (Lipinski definition) is 4. The molecule has 2 heterocycles. The molecule has 25 heavy (non-hydrogen) atoms. The van der Waals surface area contributed by atoms with Gasteiger partial charge in [0, 0.05) is 18.6 Å². The van der Waals surface area contributed by atoms with Crippen molar-refractivity contribution in [3.8, 4) is 0 Å². The molecule has 0 unspecified atom stereocenters. The van der Waals surface area contributed by atoms with Gasteiger partial charge in [0.1, 0.15) is 6.54 Å². The van der Waals surface area contributed by atoms with E-state index in [9.17, 15) is 19.2 Å². The van der Waals surface area contributed by atoms with Gasteiger partial charge >= 0.3 is 17.8 Å². The summed E-state index contributed by atoms with van der Waals surface area (Å²) in [6.07, 6.45) is 2.94. The molecule has 2 saturated heterocycles. The van der Waals surface area contributed by atoms with Gasteiger partial charge in [0.15, 0.2) is 0 Å². The van der Waals surface area contributed by atoms with Crippen LogP contribution in [-0.2, 0) is 14.4 Å². The van der Waals surface area contributed by atoms with Crippen LogP contribution in [0.1, 0.15) is 53.9 Å². The van der Waals surface area contributed by atoms with E-state index >= 15 is 0 Å². The van der Waals surface area contributed by atoms with Crippen molar-refractivity contribution >= 4 is 23.8 Å². The molecular weight excluding hydrogens is 322 g/mol. The van der Waals surface area contributed by atoms with Gasteiger partial charge in [-0.05, 0) is 43.9 Å². The molecule has 0 aromatic rings. The van der Waals surface area contributed by atoms with Crippen molar-refractivity contribution in [1.82, 2.24) is 14.7 Å². The highest BCUT2D eigenvalue weighted by molar-refractivity contribution is 6.45. The van der Waals surface area contributed by atoms with E-state index in [1.165, 1.54) is 0 Å². The van der Waals surface area contributed by atoms with E-state index in [1.54, 1.807) is 13.8 Å². The maximum atomic E-state index is 12.8. The summed E-state index contributed by atoms with van der Waals surface area (Å²) in [5, 5.41) is 0. The van der Waals surface area contributed by atoms with Gasteiger partial charge < -0.3 is 4.90 Å². The number of hydrogen-bond donors (Lipinski definition) is 0. The Kier molecular flexibility index (Phi) is 3.96. The zero-order chi connectivity index (χ0) is 18.7. The summed E-state index contributed by atoms with van der Waals surface area (Å²) < 4.78 is 0. The molecule has 7 nitrogen and oxygen atoms in total. The quantitative estimate of drug-likeness (QED) is 0.573. The van der Waals surface area contributed by atoms with Crippen molar-refractivity contribution in [1.29, 1.82) is 0 Å². The molecule has 0 aromatic heterocycles. The van der Waals surface area contributed by atoms with Crippen molar-refractivity contribution in [2.24, 2.45) is 10.8 Å². The molecule has 0 spiro atoms. The Morgan fingerprint density at radius 1 is 1.12 bits per heavy atom. The summed E-state index contributed by atoms with van der Waals surface area (Å²) in [5.41, 5.74) is 0.261. The number of fused-ring (bicyclic) bond motifs is 2. The number of likely N-dealkylation sites (tertiary alicyclic amines) is 1. The first-order valence-corrected chi connectivity index (χ1v) is 8.93. The van der Waals surface area contributed by atoms with E-state index in [1.807, 2.05) is 4.90 Å². The molecule has 7 heteroatoms. The molecule has 0 radical (unpaired) electrons. The topological polar surface area (TPSA) is 78.0 Å². The molecule has 138 valence electrons. The fourth-order valence-corrected chi connectivity index (χ4v) is 5.09. The van der Waals surface area contributed by atoms with E-state index in [4.69, 9.17) is 0 Å². The molecule has 2 bridgehead atoms. The fraction of sp³-hybridized carbons (Fsp3) is 0.778. The Balaban J connectivity index is 1.74. The number of imide groups is 2. The van der Waals surface area contributed by atoms with Gasteiger partial charge in [-0.3, -0.25) is 19.3 Å². The third kappa shape index (κ3) is 2.93. The minimum atomic E-state index is -0.902. The normalized spacial score (nSPS) is 31.5. The van der Waals surface area contributed by atoms with Crippen molar-refractivity contribution in [2.75, 3.05) is 13.1 Å². The first kappa shape index (κ1) is 17.9. The lowest BCUT2D eigenvalue weighted by Crippen LogP contribution is -2.46. The molecule has 2 atom stereocenters. The summed E-state index contributed by atoms with van der Waals surface area (Å²) in [6, 6.07) is -0.951. The number of carbonyl (C=O) groups excluding carboxylic acids is 4. The van der Waals surface area contributed by atoms with Crippen molar-refractivity contribution in [2.45, 2.75) is 66.0 Å². The summed E-state index contributed by atoms with van der Waals surface area (Å²) in [5.74, 6) is -1.99. The van der Waals surface area contributed by atoms with Gasteiger partial charge in [-0.1, -0.05) is 20.8 Å². The van der Waals surface area contributed by atoms with E-state index in [0.29, 0.717) is 6.54 Å². The third-order valence-corrected chi connectivity index (χ3v) is 5.63. The fourth-order valence-electron chi connectivity index (χ4n) is 5.09. The van der Waals surface area contributed by atoms with Crippen LogP contribution in [0.15, 0.2) is 0 Å². The Hall–Kier alpha value is -1.92. The van der Waals surface area contributed by atoms with Crippen molar-refractivity contribution in [3.63, 3.8) is 0 Å². The summed E-state index contributed by atoms with van der Waals surface area (Å²) in [7, 11) is 0. The predicted octanol–water partition coefficient (Wildman–Crippen LogP) is 1.61. The molecule has 3 aliphatic rings. The largest absolute Gasteiger partial charge is 0.338 e. The standard InChI is InChI=1S/C18H27N3O4/c1-11(2)21-15(24)14(23)19(16(21)25)8-13(22)20-10-18(5)7-12(20)6-17(3,4)9-18/h11-12H,6-10H2,1-5H3/t12-,18-/m0/s1. The predicted molar refractivity (Wildman–Crippen MR) is 90.3 cm³/mol. The number of carbonyl (C=O) groups is 4. The number of nitrogens with zero attached hydrogens (tertiary/aromatic N) is 3. The van der Waals surface area contributed by atoms with Crippen LogP contribution in [-0.4, -0.2) is 63.6 Å². The van der Waals surface area contributed by atoms with Gasteiger partial charge in [-0.25, -0.2) is 9.69 Å². The van der Waals surface area contributed by atoms with Crippen LogP contribution in [0.5, 0.6) is 0 Å². The van der Waals surface area contributed by atoms with Gasteiger partial charge in [0.2, 0.25) is 5.91 Å². The van der Waals surface area contributed by atoms with Gasteiger partial charge in [-0.15, -0.1) is 0 Å². The molecule has 2 aliphatic heterocycles. The van der Waals surface area contributed by atoms with Crippen LogP contribution >= 0.6 is 0 Å². The van der Waals surface area contributed by atoms with Crippen molar-refractivity contribution < 1.29 is 19.2 Å². The Bertz CT molecular complexity index is 657. The summed E-state index contributed by atoms with van der Waals surface area (Å²) in [4.78, 5) is 52.8. The lowest BCUT2D eigenvalue weighted by Gasteiger charge is -2.39. The molecule has 3 fully saturated rings. The monoisotopic (exact) mass is 349 g/mol. The van der Waals surface area contributed by atoms with E-state index in [2.05, 4.69) is 20.8 Å². The van der Waals surface area contributed by atoms with E-state index < -0.39 is 23.9 Å². The van der Waals surface area contributed by atoms with E-state index in [0.717, 1.165) is 29.1 Å². The maximum absolute atomic E-state index is 12.8. The second-order valence-corrected chi connectivity index (χ2v) is 9.18. The molecule has 5 amide bonds.